The van der Waals surface area contributed by atoms with E-state index < -0.39 is 0 Å². The van der Waals surface area contributed by atoms with Crippen molar-refractivity contribution in [3.05, 3.63) is 53.1 Å². The average Bonchev–Trinajstić information content (AvgIpc) is 2.64. The molecule has 2 N–H and O–H groups in total. The first-order chi connectivity index (χ1) is 12.4. The third kappa shape index (κ3) is 4.99. The van der Waals surface area contributed by atoms with Gasteiger partial charge in [0.15, 0.2) is 0 Å². The van der Waals surface area contributed by atoms with Gasteiger partial charge in [-0.2, -0.15) is 0 Å². The van der Waals surface area contributed by atoms with Crippen molar-refractivity contribution >= 4 is 17.5 Å². The number of hydrogen-bond acceptors (Lipinski definition) is 4. The van der Waals surface area contributed by atoms with Crippen LogP contribution in [0.2, 0.25) is 0 Å². The molecule has 2 amide bonds. The number of nitrogens with one attached hydrogen (secondary N) is 2. The van der Waals surface area contributed by atoms with E-state index in [2.05, 4.69) is 10.6 Å². The molecular weight excluding hydrogens is 332 g/mol. The Hall–Kier alpha value is -3.02. The lowest BCUT2D eigenvalue weighted by atomic mass is 10.1. The number of anilines is 1. The van der Waals surface area contributed by atoms with E-state index in [9.17, 15) is 9.59 Å². The van der Waals surface area contributed by atoms with Crippen LogP contribution in [0.25, 0.3) is 0 Å². The molecule has 0 fully saturated rings. The summed E-state index contributed by atoms with van der Waals surface area (Å²) in [6, 6.07) is 10.7. The molecule has 0 unspecified atom stereocenters. The molecule has 0 atom stereocenters. The van der Waals surface area contributed by atoms with Crippen molar-refractivity contribution in [2.24, 2.45) is 0 Å². The molecule has 2 aromatic carbocycles. The lowest BCUT2D eigenvalue weighted by molar-refractivity contribution is -0.116. The number of ether oxygens (including phenoxy) is 2. The zero-order chi connectivity index (χ0) is 19.1. The second-order valence-electron chi connectivity index (χ2n) is 5.90. The molecule has 26 heavy (non-hydrogen) atoms. The van der Waals surface area contributed by atoms with Crippen molar-refractivity contribution in [1.82, 2.24) is 5.32 Å². The summed E-state index contributed by atoms with van der Waals surface area (Å²) in [7, 11) is 3.04. The van der Waals surface area contributed by atoms with Gasteiger partial charge < -0.3 is 20.1 Å². The van der Waals surface area contributed by atoms with Gasteiger partial charge in [-0.3, -0.25) is 9.59 Å². The highest BCUT2D eigenvalue weighted by Crippen LogP contribution is 2.22. The largest absolute Gasteiger partial charge is 0.497 e. The van der Waals surface area contributed by atoms with Crippen molar-refractivity contribution in [3.63, 3.8) is 0 Å². The van der Waals surface area contributed by atoms with Crippen molar-refractivity contribution in [1.29, 1.82) is 0 Å². The summed E-state index contributed by atoms with van der Waals surface area (Å²) in [4.78, 5) is 24.4. The quantitative estimate of drug-likeness (QED) is 0.799. The second-order valence-corrected chi connectivity index (χ2v) is 5.90. The Morgan fingerprint density at radius 3 is 2.27 bits per heavy atom. The van der Waals surface area contributed by atoms with Gasteiger partial charge in [0.05, 0.1) is 14.2 Å². The molecule has 138 valence electrons. The molecule has 0 aliphatic rings. The van der Waals surface area contributed by atoms with Crippen LogP contribution in [0.1, 0.15) is 27.9 Å². The number of amides is 2. The minimum absolute atomic E-state index is 0.151. The molecule has 0 heterocycles. The van der Waals surface area contributed by atoms with E-state index >= 15 is 0 Å². The summed E-state index contributed by atoms with van der Waals surface area (Å²) in [5.41, 5.74) is 3.35. The molecule has 0 aliphatic carbocycles. The number of rotatable bonds is 7. The fourth-order valence-electron chi connectivity index (χ4n) is 2.43. The lowest BCUT2D eigenvalue weighted by Gasteiger charge is -2.11. The molecule has 0 saturated carbocycles. The number of methoxy groups -OCH3 is 2. The van der Waals surface area contributed by atoms with E-state index in [1.807, 2.05) is 32.0 Å². The Labute approximate surface area is 153 Å². The van der Waals surface area contributed by atoms with Crippen LogP contribution in [0.3, 0.4) is 0 Å². The molecule has 0 radical (unpaired) electrons. The Kier molecular flexibility index (Phi) is 6.60. The highest BCUT2D eigenvalue weighted by molar-refractivity contribution is 5.96. The first-order valence-electron chi connectivity index (χ1n) is 8.32. The van der Waals surface area contributed by atoms with Crippen LogP contribution < -0.4 is 20.1 Å². The van der Waals surface area contributed by atoms with Crippen LogP contribution in [0.15, 0.2) is 36.4 Å². The van der Waals surface area contributed by atoms with Crippen molar-refractivity contribution in [2.75, 3.05) is 26.1 Å². The van der Waals surface area contributed by atoms with E-state index in [0.29, 0.717) is 17.1 Å². The molecule has 2 aromatic rings. The van der Waals surface area contributed by atoms with Gasteiger partial charge in [0, 0.05) is 30.3 Å². The summed E-state index contributed by atoms with van der Waals surface area (Å²) in [5, 5.41) is 5.60. The maximum atomic E-state index is 12.3. The van der Waals surface area contributed by atoms with E-state index in [0.717, 1.165) is 16.8 Å². The van der Waals surface area contributed by atoms with Crippen LogP contribution in [0.4, 0.5) is 5.69 Å². The zero-order valence-electron chi connectivity index (χ0n) is 15.5. The molecule has 6 heteroatoms. The average molecular weight is 356 g/mol. The monoisotopic (exact) mass is 356 g/mol. The van der Waals surface area contributed by atoms with E-state index in [1.165, 1.54) is 14.2 Å². The summed E-state index contributed by atoms with van der Waals surface area (Å²) in [6.07, 6.45) is 0.181. The SMILES string of the molecule is COc1cc(OC)cc(C(=O)NCCC(=O)Nc2cccc(C)c2C)c1. The van der Waals surface area contributed by atoms with E-state index in [4.69, 9.17) is 9.47 Å². The van der Waals surface area contributed by atoms with Gasteiger partial charge in [-0.05, 0) is 43.2 Å². The first kappa shape index (κ1) is 19.3. The maximum absolute atomic E-state index is 12.3. The van der Waals surface area contributed by atoms with Gasteiger partial charge in [-0.15, -0.1) is 0 Å². The molecular formula is C20H24N2O4. The fraction of sp³-hybridized carbons (Fsp3) is 0.300. The number of benzene rings is 2. The normalized spacial score (nSPS) is 10.2. The lowest BCUT2D eigenvalue weighted by Crippen LogP contribution is -2.27. The third-order valence-electron chi connectivity index (χ3n) is 4.13. The molecule has 0 bridgehead atoms. The number of carbonyl (C=O) groups excluding carboxylic acids is 2. The minimum atomic E-state index is -0.290. The van der Waals surface area contributed by atoms with Crippen molar-refractivity contribution < 1.29 is 19.1 Å². The van der Waals surface area contributed by atoms with Crippen molar-refractivity contribution in [3.8, 4) is 11.5 Å². The van der Waals surface area contributed by atoms with Crippen LogP contribution in [-0.2, 0) is 4.79 Å². The number of aryl methyl sites for hydroxylation is 1. The Morgan fingerprint density at radius 2 is 1.65 bits per heavy atom. The van der Waals surface area contributed by atoms with Crippen LogP contribution in [-0.4, -0.2) is 32.6 Å². The summed E-state index contributed by atoms with van der Waals surface area (Å²) >= 11 is 0. The Bertz CT molecular complexity index is 780. The highest BCUT2D eigenvalue weighted by atomic mass is 16.5. The molecule has 0 aliphatic heterocycles. The van der Waals surface area contributed by atoms with Crippen molar-refractivity contribution in [2.45, 2.75) is 20.3 Å². The van der Waals surface area contributed by atoms with Gasteiger partial charge in [-0.25, -0.2) is 0 Å². The Morgan fingerprint density at radius 1 is 1.00 bits per heavy atom. The molecule has 0 saturated heterocycles. The van der Waals surface area contributed by atoms with Crippen LogP contribution >= 0.6 is 0 Å². The molecule has 0 spiro atoms. The molecule has 0 aromatic heterocycles. The first-order valence-corrected chi connectivity index (χ1v) is 8.32. The van der Waals surface area contributed by atoms with Crippen LogP contribution in [0, 0.1) is 13.8 Å². The predicted molar refractivity (Wildman–Crippen MR) is 101 cm³/mol. The second kappa shape index (κ2) is 8.89. The summed E-state index contributed by atoms with van der Waals surface area (Å²) < 4.78 is 10.3. The summed E-state index contributed by atoms with van der Waals surface area (Å²) in [6.45, 7) is 4.19. The van der Waals surface area contributed by atoms with Gasteiger partial charge in [0.2, 0.25) is 5.91 Å². The Balaban J connectivity index is 1.90. The van der Waals surface area contributed by atoms with E-state index in [-0.39, 0.29) is 24.8 Å². The van der Waals surface area contributed by atoms with Gasteiger partial charge in [0.25, 0.3) is 5.91 Å². The minimum Gasteiger partial charge on any atom is -0.497 e. The van der Waals surface area contributed by atoms with Gasteiger partial charge in [-0.1, -0.05) is 12.1 Å². The van der Waals surface area contributed by atoms with E-state index in [1.54, 1.807) is 18.2 Å². The number of carbonyl (C=O) groups is 2. The number of hydrogen-bond donors (Lipinski definition) is 2. The standard InChI is InChI=1S/C20H24N2O4/c1-13-6-5-7-18(14(13)2)22-19(23)8-9-21-20(24)15-10-16(25-3)12-17(11-15)26-4/h5-7,10-12H,8-9H2,1-4H3,(H,21,24)(H,22,23). The third-order valence-corrected chi connectivity index (χ3v) is 4.13. The predicted octanol–water partition coefficient (Wildman–Crippen LogP) is 3.08. The highest BCUT2D eigenvalue weighted by Gasteiger charge is 2.11. The smallest absolute Gasteiger partial charge is 0.251 e. The fourth-order valence-corrected chi connectivity index (χ4v) is 2.43. The topological polar surface area (TPSA) is 76.7 Å². The zero-order valence-corrected chi connectivity index (χ0v) is 15.5. The van der Waals surface area contributed by atoms with Gasteiger partial charge in [0.1, 0.15) is 11.5 Å². The van der Waals surface area contributed by atoms with Gasteiger partial charge >= 0.3 is 0 Å². The molecule has 2 rings (SSSR count). The van der Waals surface area contributed by atoms with Crippen LogP contribution in [0.5, 0.6) is 11.5 Å². The maximum Gasteiger partial charge on any atom is 0.251 e. The molecule has 6 nitrogen and oxygen atoms in total. The summed E-state index contributed by atoms with van der Waals surface area (Å²) in [5.74, 6) is 0.619.